The van der Waals surface area contributed by atoms with Gasteiger partial charge in [0, 0.05) is 0 Å². The van der Waals surface area contributed by atoms with Crippen molar-refractivity contribution in [1.82, 2.24) is 0 Å². The first-order valence-electron chi connectivity index (χ1n) is 3.92. The van der Waals surface area contributed by atoms with Gasteiger partial charge in [-0.3, -0.25) is 9.11 Å². The summed E-state index contributed by atoms with van der Waals surface area (Å²) in [7, 11) is -4.67. The van der Waals surface area contributed by atoms with Gasteiger partial charge >= 0.3 is 10.4 Å². The average Bonchev–Trinajstić information content (AvgIpc) is 1.76. The van der Waals surface area contributed by atoms with Crippen molar-refractivity contribution in [2.45, 2.75) is 39.0 Å². The van der Waals surface area contributed by atoms with Gasteiger partial charge in [0.15, 0.2) is 0 Å². The third-order valence-electron chi connectivity index (χ3n) is 0.565. The molecule has 0 aliphatic heterocycles. The lowest BCUT2D eigenvalue weighted by atomic mass is 10.3. The number of nitrogens with zero attached hydrogens (tertiary/aromatic N) is 2. The predicted octanol–water partition coefficient (Wildman–Crippen LogP) is 0.175. The van der Waals surface area contributed by atoms with Gasteiger partial charge in [0.1, 0.15) is 11.3 Å². The van der Waals surface area contributed by atoms with Crippen LogP contribution >= 0.6 is 0 Å². The van der Waals surface area contributed by atoms with Crippen LogP contribution in [0.15, 0.2) is 10.2 Å². The summed E-state index contributed by atoms with van der Waals surface area (Å²) in [5, 5.41) is 7.61. The van der Waals surface area contributed by atoms with Crippen LogP contribution in [0.4, 0.5) is 0 Å². The smallest absolute Gasteiger partial charge is 0.306 e. The van der Waals surface area contributed by atoms with Crippen LogP contribution < -0.4 is 11.5 Å². The van der Waals surface area contributed by atoms with Crippen LogP contribution in [-0.2, 0) is 10.4 Å². The summed E-state index contributed by atoms with van der Waals surface area (Å²) in [6.45, 7) is 7.06. The molecule has 8 nitrogen and oxygen atoms in total. The fraction of sp³-hybridized carbons (Fsp3) is 1.00. The summed E-state index contributed by atoms with van der Waals surface area (Å²) >= 11 is 0. The molecule has 0 unspecified atom stereocenters. The second-order valence-corrected chi connectivity index (χ2v) is 4.85. The molecule has 0 saturated carbocycles. The maximum absolute atomic E-state index is 8.74. The van der Waals surface area contributed by atoms with E-state index in [9.17, 15) is 0 Å². The third-order valence-corrected chi connectivity index (χ3v) is 0.565. The van der Waals surface area contributed by atoms with Crippen LogP contribution in [0.5, 0.6) is 0 Å². The third kappa shape index (κ3) is 42.5. The van der Waals surface area contributed by atoms with E-state index in [1.807, 2.05) is 0 Å². The summed E-state index contributed by atoms with van der Waals surface area (Å²) in [5.74, 6) is 0. The zero-order valence-electron chi connectivity index (χ0n) is 9.17. The topological polar surface area (TPSA) is 151 Å². The second-order valence-electron chi connectivity index (χ2n) is 3.96. The Morgan fingerprint density at radius 2 is 1.07 bits per heavy atom. The second kappa shape index (κ2) is 5.47. The molecule has 0 saturated heterocycles. The van der Waals surface area contributed by atoms with E-state index in [0.29, 0.717) is 0 Å². The highest BCUT2D eigenvalue weighted by Crippen LogP contribution is 2.05. The van der Waals surface area contributed by atoms with E-state index in [1.165, 1.54) is 0 Å². The van der Waals surface area contributed by atoms with Crippen molar-refractivity contribution in [1.29, 1.82) is 0 Å². The van der Waals surface area contributed by atoms with Gasteiger partial charge in [-0.25, -0.2) is 0 Å². The molecule has 0 aromatic rings. The Labute approximate surface area is 89.3 Å². The molecule has 6 N–H and O–H groups in total. The normalized spacial score (nSPS) is 13.6. The Morgan fingerprint density at radius 3 is 1.13 bits per heavy atom. The molecule has 15 heavy (non-hydrogen) atoms. The lowest BCUT2D eigenvalue weighted by molar-refractivity contribution is 0.381. The van der Waals surface area contributed by atoms with E-state index < -0.39 is 21.7 Å². The maximum atomic E-state index is 8.74. The Balaban J connectivity index is 0. The maximum Gasteiger partial charge on any atom is 0.394 e. The molecule has 92 valence electrons. The molecule has 0 heterocycles. The Hall–Kier alpha value is -0.610. The molecule has 0 bridgehead atoms. The summed E-state index contributed by atoms with van der Waals surface area (Å²) in [6, 6.07) is 0. The van der Waals surface area contributed by atoms with Crippen LogP contribution in [0.25, 0.3) is 0 Å². The van der Waals surface area contributed by atoms with Crippen molar-refractivity contribution in [3.8, 4) is 0 Å². The molecule has 0 aliphatic carbocycles. The zero-order valence-corrected chi connectivity index (χ0v) is 9.98. The minimum atomic E-state index is -4.67. The Morgan fingerprint density at radius 1 is 0.933 bits per heavy atom. The van der Waals surface area contributed by atoms with Crippen molar-refractivity contribution in [3.63, 3.8) is 0 Å². The first-order valence-corrected chi connectivity index (χ1v) is 5.32. The van der Waals surface area contributed by atoms with Gasteiger partial charge in [0.25, 0.3) is 0 Å². The van der Waals surface area contributed by atoms with Crippen LogP contribution in [0.3, 0.4) is 0 Å². The van der Waals surface area contributed by atoms with Crippen molar-refractivity contribution in [2.75, 3.05) is 0 Å². The highest BCUT2D eigenvalue weighted by Gasteiger charge is 2.12. The number of rotatable bonds is 2. The molecular weight excluding hydrogens is 224 g/mol. The highest BCUT2D eigenvalue weighted by atomic mass is 32.3. The number of hydrogen-bond acceptors (Lipinski definition) is 6. The minimum Gasteiger partial charge on any atom is -0.306 e. The molecular formula is C6H18N4O4S. The summed E-state index contributed by atoms with van der Waals surface area (Å²) in [6.07, 6.45) is 0. The van der Waals surface area contributed by atoms with Crippen LogP contribution in [0.2, 0.25) is 0 Å². The number of azo groups is 1. The molecule has 0 amide bonds. The number of hydrogen-bond donors (Lipinski definition) is 4. The summed E-state index contributed by atoms with van der Waals surface area (Å²) < 4.78 is 31.6. The Kier molecular flexibility index (Phi) is 6.13. The Bertz CT molecular complexity index is 274. The predicted molar refractivity (Wildman–Crippen MR) is 55.6 cm³/mol. The van der Waals surface area contributed by atoms with Crippen LogP contribution in [0, 0.1) is 0 Å². The largest absolute Gasteiger partial charge is 0.394 e. The first-order chi connectivity index (χ1) is 6.21. The van der Waals surface area contributed by atoms with Gasteiger partial charge in [-0.1, -0.05) is 0 Å². The van der Waals surface area contributed by atoms with Crippen molar-refractivity contribution in [2.24, 2.45) is 21.7 Å². The molecule has 0 rings (SSSR count). The standard InChI is InChI=1S/C6H16N4.H2O4S/c1-5(2,7)9-10-6(3,4)8;1-5(2,3)4/h7-8H2,1-4H3;(H2,1,2,3,4). The zero-order chi connectivity index (χ0) is 12.9. The van der Waals surface area contributed by atoms with Crippen LogP contribution in [0.1, 0.15) is 27.7 Å². The number of nitrogens with two attached hydrogens (primary N) is 2. The lowest BCUT2D eigenvalue weighted by Crippen LogP contribution is -2.33. The van der Waals surface area contributed by atoms with Crippen LogP contribution in [-0.4, -0.2) is 28.8 Å². The molecule has 0 aromatic heterocycles. The summed E-state index contributed by atoms with van der Waals surface area (Å²) in [4.78, 5) is 0. The van der Waals surface area contributed by atoms with Crippen molar-refractivity contribution < 1.29 is 17.5 Å². The molecule has 0 aliphatic rings. The first kappa shape index (κ1) is 16.8. The monoisotopic (exact) mass is 242 g/mol. The van der Waals surface area contributed by atoms with Crippen molar-refractivity contribution in [3.05, 3.63) is 0 Å². The molecule has 0 spiro atoms. The highest BCUT2D eigenvalue weighted by molar-refractivity contribution is 7.79. The molecule has 0 radical (unpaired) electrons. The van der Waals surface area contributed by atoms with E-state index in [2.05, 4.69) is 10.2 Å². The quantitative estimate of drug-likeness (QED) is 0.400. The molecule has 0 fully saturated rings. The lowest BCUT2D eigenvalue weighted by Gasteiger charge is -2.15. The average molecular weight is 242 g/mol. The molecule has 9 heteroatoms. The van der Waals surface area contributed by atoms with E-state index in [1.54, 1.807) is 27.7 Å². The minimum absolute atomic E-state index is 0.614. The van der Waals surface area contributed by atoms with Gasteiger partial charge in [0.2, 0.25) is 0 Å². The van der Waals surface area contributed by atoms with E-state index >= 15 is 0 Å². The summed E-state index contributed by atoms with van der Waals surface area (Å²) in [5.41, 5.74) is 9.82. The van der Waals surface area contributed by atoms with Crippen molar-refractivity contribution >= 4 is 10.4 Å². The van der Waals surface area contributed by atoms with Gasteiger partial charge in [-0.05, 0) is 27.7 Å². The SMILES string of the molecule is CC(C)(N)N=NC(C)(C)N.O=S(=O)(O)O. The van der Waals surface area contributed by atoms with Gasteiger partial charge < -0.3 is 11.5 Å². The van der Waals surface area contributed by atoms with E-state index in [0.717, 1.165) is 0 Å². The molecule has 0 aromatic carbocycles. The van der Waals surface area contributed by atoms with E-state index in [-0.39, 0.29) is 0 Å². The fourth-order valence-corrected chi connectivity index (χ4v) is 0.258. The van der Waals surface area contributed by atoms with Gasteiger partial charge in [-0.15, -0.1) is 0 Å². The van der Waals surface area contributed by atoms with Gasteiger partial charge in [-0.2, -0.15) is 18.6 Å². The van der Waals surface area contributed by atoms with Gasteiger partial charge in [0.05, 0.1) is 0 Å². The fourth-order valence-electron chi connectivity index (χ4n) is 0.258. The van der Waals surface area contributed by atoms with E-state index in [4.69, 9.17) is 29.0 Å². The molecule has 0 atom stereocenters.